The summed E-state index contributed by atoms with van der Waals surface area (Å²) in [5, 5.41) is 3.33. The summed E-state index contributed by atoms with van der Waals surface area (Å²) < 4.78 is 13.9. The van der Waals surface area contributed by atoms with Gasteiger partial charge < -0.3 is 11.1 Å². The van der Waals surface area contributed by atoms with Crippen molar-refractivity contribution in [3.05, 3.63) is 65.5 Å². The Morgan fingerprint density at radius 1 is 1.20 bits per heavy atom. The first kappa shape index (κ1) is 14.5. The normalized spacial score (nSPS) is 11.9. The van der Waals surface area contributed by atoms with Crippen LogP contribution in [0, 0.1) is 5.82 Å². The number of hydrogen-bond acceptors (Lipinski definition) is 2. The molecule has 2 nitrogen and oxygen atoms in total. The summed E-state index contributed by atoms with van der Waals surface area (Å²) in [7, 11) is 0. The van der Waals surface area contributed by atoms with E-state index in [0.29, 0.717) is 5.69 Å². The average Bonchev–Trinajstić information content (AvgIpc) is 2.45. The van der Waals surface area contributed by atoms with Crippen molar-refractivity contribution in [2.24, 2.45) is 5.73 Å². The summed E-state index contributed by atoms with van der Waals surface area (Å²) >= 11 is 4.94. The monoisotopic (exact) mass is 288 g/mol. The molecule has 0 spiro atoms. The molecule has 0 radical (unpaired) electrons. The highest BCUT2D eigenvalue weighted by atomic mass is 32.1. The van der Waals surface area contributed by atoms with E-state index in [4.69, 9.17) is 18.0 Å². The maximum Gasteiger partial charge on any atom is 0.135 e. The van der Waals surface area contributed by atoms with Gasteiger partial charge in [0.2, 0.25) is 0 Å². The maximum atomic E-state index is 13.9. The molecule has 0 aliphatic heterocycles. The minimum Gasteiger partial charge on any atom is -0.389 e. The molecule has 2 rings (SSSR count). The molecule has 0 bridgehead atoms. The molecule has 0 amide bonds. The largest absolute Gasteiger partial charge is 0.389 e. The van der Waals surface area contributed by atoms with Gasteiger partial charge in [0, 0.05) is 5.69 Å². The molecule has 2 aromatic carbocycles. The van der Waals surface area contributed by atoms with Gasteiger partial charge in [0.25, 0.3) is 0 Å². The molecule has 1 unspecified atom stereocenters. The lowest BCUT2D eigenvalue weighted by Crippen LogP contribution is -2.17. The van der Waals surface area contributed by atoms with Crippen LogP contribution in [-0.2, 0) is 0 Å². The van der Waals surface area contributed by atoms with Crippen molar-refractivity contribution in [3.8, 4) is 0 Å². The lowest BCUT2D eigenvalue weighted by Gasteiger charge is -2.21. The average molecular weight is 288 g/mol. The molecular formula is C16H17FN2S. The van der Waals surface area contributed by atoms with Gasteiger partial charge in [0.1, 0.15) is 10.8 Å². The van der Waals surface area contributed by atoms with Crippen LogP contribution >= 0.6 is 12.2 Å². The Morgan fingerprint density at radius 3 is 2.50 bits per heavy atom. The van der Waals surface area contributed by atoms with E-state index in [-0.39, 0.29) is 16.6 Å². The molecule has 20 heavy (non-hydrogen) atoms. The Bertz CT molecular complexity index is 599. The Hall–Kier alpha value is -1.94. The molecule has 0 saturated carbocycles. The van der Waals surface area contributed by atoms with Crippen molar-refractivity contribution in [1.29, 1.82) is 0 Å². The van der Waals surface area contributed by atoms with Gasteiger partial charge in [-0.05, 0) is 24.1 Å². The van der Waals surface area contributed by atoms with Crippen LogP contribution in [0.15, 0.2) is 48.5 Å². The van der Waals surface area contributed by atoms with E-state index in [1.807, 2.05) is 30.3 Å². The van der Waals surface area contributed by atoms with Gasteiger partial charge in [0.05, 0.1) is 11.6 Å². The topological polar surface area (TPSA) is 38.0 Å². The van der Waals surface area contributed by atoms with Gasteiger partial charge in [0.15, 0.2) is 0 Å². The Balaban J connectivity index is 2.33. The highest BCUT2D eigenvalue weighted by Gasteiger charge is 2.15. The third-order valence-corrected chi connectivity index (χ3v) is 3.40. The molecule has 2 aromatic rings. The van der Waals surface area contributed by atoms with Crippen molar-refractivity contribution < 1.29 is 4.39 Å². The fourth-order valence-corrected chi connectivity index (χ4v) is 2.40. The number of anilines is 1. The standard InChI is InChI=1S/C16H17FN2S/c1-2-13(11-7-4-3-5-8-11)19-14-10-6-9-12(17)15(14)16(18)20/h3-10,13,19H,2H2,1H3,(H2,18,20). The minimum atomic E-state index is -0.398. The SMILES string of the molecule is CCC(Nc1cccc(F)c1C(N)=S)c1ccccc1. The molecule has 3 N–H and O–H groups in total. The van der Waals surface area contributed by atoms with E-state index in [1.54, 1.807) is 12.1 Å². The second-order valence-electron chi connectivity index (χ2n) is 4.54. The molecule has 1 atom stereocenters. The van der Waals surface area contributed by atoms with E-state index in [9.17, 15) is 4.39 Å². The van der Waals surface area contributed by atoms with Crippen LogP contribution in [0.4, 0.5) is 10.1 Å². The first-order chi connectivity index (χ1) is 9.63. The van der Waals surface area contributed by atoms with Crippen LogP contribution in [0.25, 0.3) is 0 Å². The van der Waals surface area contributed by atoms with Crippen LogP contribution in [0.5, 0.6) is 0 Å². The van der Waals surface area contributed by atoms with Crippen molar-refractivity contribution in [3.63, 3.8) is 0 Å². The number of thiocarbonyl (C=S) groups is 1. The number of hydrogen-bond donors (Lipinski definition) is 2. The molecule has 0 saturated heterocycles. The van der Waals surface area contributed by atoms with Crippen LogP contribution in [-0.4, -0.2) is 4.99 Å². The number of nitrogens with one attached hydrogen (secondary N) is 1. The zero-order valence-electron chi connectivity index (χ0n) is 11.3. The second kappa shape index (κ2) is 6.48. The number of nitrogens with two attached hydrogens (primary N) is 1. The molecule has 0 aliphatic rings. The number of benzene rings is 2. The van der Waals surface area contributed by atoms with Crippen molar-refractivity contribution in [1.82, 2.24) is 0 Å². The lowest BCUT2D eigenvalue weighted by molar-refractivity contribution is 0.625. The number of halogens is 1. The highest BCUT2D eigenvalue weighted by Crippen LogP contribution is 2.26. The van der Waals surface area contributed by atoms with E-state index in [1.165, 1.54) is 6.07 Å². The lowest BCUT2D eigenvalue weighted by atomic mass is 10.0. The van der Waals surface area contributed by atoms with Crippen molar-refractivity contribution in [2.75, 3.05) is 5.32 Å². The van der Waals surface area contributed by atoms with Crippen molar-refractivity contribution >= 4 is 22.9 Å². The van der Waals surface area contributed by atoms with Crippen LogP contribution < -0.4 is 11.1 Å². The van der Waals surface area contributed by atoms with Gasteiger partial charge in [-0.2, -0.15) is 0 Å². The smallest absolute Gasteiger partial charge is 0.135 e. The summed E-state index contributed by atoms with van der Waals surface area (Å²) in [5.74, 6) is -0.398. The van der Waals surface area contributed by atoms with Gasteiger partial charge >= 0.3 is 0 Å². The summed E-state index contributed by atoms with van der Waals surface area (Å²) in [5.41, 5.74) is 7.68. The quantitative estimate of drug-likeness (QED) is 0.816. The summed E-state index contributed by atoms with van der Waals surface area (Å²) in [6, 6.07) is 14.9. The van der Waals surface area contributed by atoms with Gasteiger partial charge in [-0.3, -0.25) is 0 Å². The molecule has 0 heterocycles. The first-order valence-corrected chi connectivity index (χ1v) is 6.94. The van der Waals surface area contributed by atoms with E-state index < -0.39 is 5.82 Å². The minimum absolute atomic E-state index is 0.0634. The van der Waals surface area contributed by atoms with E-state index in [2.05, 4.69) is 12.2 Å². The molecule has 104 valence electrons. The van der Waals surface area contributed by atoms with E-state index in [0.717, 1.165) is 12.0 Å². The molecule has 0 aliphatic carbocycles. The van der Waals surface area contributed by atoms with E-state index >= 15 is 0 Å². The third-order valence-electron chi connectivity index (χ3n) is 3.20. The summed E-state index contributed by atoms with van der Waals surface area (Å²) in [6.07, 6.45) is 0.872. The zero-order valence-corrected chi connectivity index (χ0v) is 12.1. The number of rotatable bonds is 5. The predicted molar refractivity (Wildman–Crippen MR) is 85.4 cm³/mol. The molecule has 0 fully saturated rings. The fourth-order valence-electron chi connectivity index (χ4n) is 2.19. The predicted octanol–water partition coefficient (Wildman–Crippen LogP) is 4.02. The Morgan fingerprint density at radius 2 is 1.90 bits per heavy atom. The fraction of sp³-hybridized carbons (Fsp3) is 0.188. The van der Waals surface area contributed by atoms with Gasteiger partial charge in [-0.15, -0.1) is 0 Å². The first-order valence-electron chi connectivity index (χ1n) is 6.53. The van der Waals surface area contributed by atoms with Gasteiger partial charge in [-0.25, -0.2) is 4.39 Å². The van der Waals surface area contributed by atoms with Crippen LogP contribution in [0.3, 0.4) is 0 Å². The highest BCUT2D eigenvalue weighted by molar-refractivity contribution is 7.80. The van der Waals surface area contributed by atoms with Crippen LogP contribution in [0.2, 0.25) is 0 Å². The van der Waals surface area contributed by atoms with Crippen molar-refractivity contribution in [2.45, 2.75) is 19.4 Å². The van der Waals surface area contributed by atoms with Crippen LogP contribution in [0.1, 0.15) is 30.5 Å². The Kier molecular flexibility index (Phi) is 4.69. The van der Waals surface area contributed by atoms with Gasteiger partial charge in [-0.1, -0.05) is 55.5 Å². The zero-order chi connectivity index (χ0) is 14.5. The maximum absolute atomic E-state index is 13.9. The summed E-state index contributed by atoms with van der Waals surface area (Å²) in [4.78, 5) is 0.0634. The molecule has 0 aromatic heterocycles. The molecular weight excluding hydrogens is 271 g/mol. The third kappa shape index (κ3) is 3.14. The molecule has 4 heteroatoms. The Labute approximate surface area is 123 Å². The summed E-state index contributed by atoms with van der Waals surface area (Å²) in [6.45, 7) is 2.07. The second-order valence-corrected chi connectivity index (χ2v) is 4.98.